The predicted molar refractivity (Wildman–Crippen MR) is 111 cm³/mol. The van der Waals surface area contributed by atoms with Crippen molar-refractivity contribution in [3.63, 3.8) is 0 Å². The lowest BCUT2D eigenvalue weighted by Crippen LogP contribution is -2.47. The van der Waals surface area contributed by atoms with Gasteiger partial charge < -0.3 is 14.8 Å². The predicted octanol–water partition coefficient (Wildman–Crippen LogP) is 4.85. The number of fused-ring (bicyclic) bond motifs is 2. The first kappa shape index (κ1) is 19.0. The van der Waals surface area contributed by atoms with Gasteiger partial charge in [0.15, 0.2) is 0 Å². The van der Waals surface area contributed by atoms with Crippen LogP contribution in [0.2, 0.25) is 10.0 Å². The molecule has 1 aliphatic heterocycles. The maximum absolute atomic E-state index is 13.5. The third-order valence-corrected chi connectivity index (χ3v) is 5.79. The molecule has 4 rings (SSSR count). The number of hydrogen-bond donors (Lipinski definition) is 1. The fourth-order valence-electron chi connectivity index (χ4n) is 3.65. The third-order valence-electron chi connectivity index (χ3n) is 5.07. The molecule has 5 nitrogen and oxygen atoms in total. The molecule has 144 valence electrons. The van der Waals surface area contributed by atoms with Gasteiger partial charge in [-0.2, -0.15) is 0 Å². The minimum Gasteiger partial charge on any atom is -0.493 e. The molecule has 0 saturated carbocycles. The van der Waals surface area contributed by atoms with Gasteiger partial charge in [-0.05, 0) is 6.07 Å². The zero-order chi connectivity index (χ0) is 19.7. The van der Waals surface area contributed by atoms with Crippen LogP contribution in [0.15, 0.2) is 48.8 Å². The van der Waals surface area contributed by atoms with E-state index in [4.69, 9.17) is 32.7 Å². The largest absolute Gasteiger partial charge is 0.493 e. The molecule has 2 aromatic carbocycles. The van der Waals surface area contributed by atoms with Gasteiger partial charge in [0, 0.05) is 42.1 Å². The number of benzene rings is 2. The fourth-order valence-corrected chi connectivity index (χ4v) is 3.96. The Bertz CT molecular complexity index is 1050. The Morgan fingerprint density at radius 2 is 2.04 bits per heavy atom. The number of hydrogen-bond acceptors (Lipinski definition) is 4. The Morgan fingerprint density at radius 3 is 2.86 bits per heavy atom. The van der Waals surface area contributed by atoms with Crippen LogP contribution in [0.5, 0.6) is 5.75 Å². The van der Waals surface area contributed by atoms with Crippen molar-refractivity contribution in [2.45, 2.75) is 11.8 Å². The highest BCUT2D eigenvalue weighted by molar-refractivity contribution is 6.42. The van der Waals surface area contributed by atoms with E-state index in [1.165, 1.54) is 0 Å². The molecule has 0 unspecified atom stereocenters. The van der Waals surface area contributed by atoms with Crippen LogP contribution in [-0.2, 0) is 14.9 Å². The van der Waals surface area contributed by atoms with Crippen molar-refractivity contribution in [2.75, 3.05) is 25.6 Å². The van der Waals surface area contributed by atoms with Gasteiger partial charge in [0.05, 0.1) is 35.1 Å². The molecule has 28 heavy (non-hydrogen) atoms. The average Bonchev–Trinajstić information content (AvgIpc) is 2.70. The summed E-state index contributed by atoms with van der Waals surface area (Å²) in [4.78, 5) is 17.8. The number of anilines is 1. The second-order valence-corrected chi connectivity index (χ2v) is 7.55. The summed E-state index contributed by atoms with van der Waals surface area (Å²) in [6.45, 7) is 0.556. The van der Waals surface area contributed by atoms with Crippen molar-refractivity contribution in [1.29, 1.82) is 0 Å². The molecule has 0 aliphatic carbocycles. The monoisotopic (exact) mass is 416 g/mol. The van der Waals surface area contributed by atoms with E-state index in [-0.39, 0.29) is 12.5 Å². The second-order valence-electron chi connectivity index (χ2n) is 6.74. The van der Waals surface area contributed by atoms with Crippen LogP contribution in [0.3, 0.4) is 0 Å². The number of methoxy groups -OCH3 is 1. The normalized spacial score (nSPS) is 18.4. The quantitative estimate of drug-likeness (QED) is 0.660. The Kier molecular flexibility index (Phi) is 5.15. The van der Waals surface area contributed by atoms with Gasteiger partial charge in [-0.25, -0.2) is 0 Å². The summed E-state index contributed by atoms with van der Waals surface area (Å²) in [6, 6.07) is 11.1. The van der Waals surface area contributed by atoms with Crippen LogP contribution in [0.4, 0.5) is 5.69 Å². The number of nitrogens with one attached hydrogen (secondary N) is 1. The Morgan fingerprint density at radius 1 is 1.25 bits per heavy atom. The van der Waals surface area contributed by atoms with Crippen molar-refractivity contribution >= 4 is 45.6 Å². The summed E-state index contributed by atoms with van der Waals surface area (Å²) in [5.74, 6) is 0.347. The maximum Gasteiger partial charge on any atom is 0.237 e. The van der Waals surface area contributed by atoms with E-state index in [9.17, 15) is 4.79 Å². The molecule has 1 atom stereocenters. The molecule has 1 N–H and O–H groups in total. The molecule has 1 aromatic heterocycles. The van der Waals surface area contributed by atoms with Gasteiger partial charge in [0.25, 0.3) is 0 Å². The first-order valence-corrected chi connectivity index (χ1v) is 9.56. The first-order chi connectivity index (χ1) is 13.5. The van der Waals surface area contributed by atoms with Crippen LogP contribution < -0.4 is 10.1 Å². The van der Waals surface area contributed by atoms with Gasteiger partial charge >= 0.3 is 0 Å². The summed E-state index contributed by atoms with van der Waals surface area (Å²) in [6.07, 6.45) is 3.87. The number of aromatic nitrogens is 1. The standard InChI is InChI=1S/C21H18Cl2N2O3/c1-27-12-21(6-7-28-19-9-17(23)16(22)8-15(19)21)20(26)25-18-11-24-10-13-4-2-3-5-14(13)18/h2-5,8-11H,6-7,12H2,1H3,(H,25,26)/t21-/m1/s1. The lowest BCUT2D eigenvalue weighted by molar-refractivity contribution is -0.124. The number of pyridine rings is 1. The number of rotatable bonds is 4. The molecular weight excluding hydrogens is 399 g/mol. The van der Waals surface area contributed by atoms with Crippen LogP contribution in [-0.4, -0.2) is 31.2 Å². The van der Waals surface area contributed by atoms with E-state index in [0.717, 1.165) is 10.8 Å². The van der Waals surface area contributed by atoms with Crippen molar-refractivity contribution in [3.8, 4) is 5.75 Å². The summed E-state index contributed by atoms with van der Waals surface area (Å²) >= 11 is 12.4. The summed E-state index contributed by atoms with van der Waals surface area (Å²) in [7, 11) is 1.57. The van der Waals surface area contributed by atoms with E-state index < -0.39 is 5.41 Å². The lowest BCUT2D eigenvalue weighted by Gasteiger charge is -2.37. The highest BCUT2D eigenvalue weighted by Gasteiger charge is 2.45. The van der Waals surface area contributed by atoms with Crippen molar-refractivity contribution in [1.82, 2.24) is 4.98 Å². The molecule has 0 saturated heterocycles. The van der Waals surface area contributed by atoms with Gasteiger partial charge in [-0.15, -0.1) is 0 Å². The zero-order valence-electron chi connectivity index (χ0n) is 15.2. The minimum absolute atomic E-state index is 0.186. The number of carbonyl (C=O) groups is 1. The molecule has 2 heterocycles. The third kappa shape index (κ3) is 3.20. The number of carbonyl (C=O) groups excluding carboxylic acids is 1. The fraction of sp³-hybridized carbons (Fsp3) is 0.238. The number of amides is 1. The van der Waals surface area contributed by atoms with E-state index >= 15 is 0 Å². The van der Waals surface area contributed by atoms with Crippen molar-refractivity contribution in [3.05, 3.63) is 64.4 Å². The Balaban J connectivity index is 1.79. The molecule has 0 bridgehead atoms. The molecule has 1 amide bonds. The van der Waals surface area contributed by atoms with Crippen LogP contribution in [0.1, 0.15) is 12.0 Å². The molecule has 0 fully saturated rings. The number of halogens is 2. The number of nitrogens with zero attached hydrogens (tertiary/aromatic N) is 1. The van der Waals surface area contributed by atoms with Crippen molar-refractivity contribution in [2.24, 2.45) is 0 Å². The topological polar surface area (TPSA) is 60.5 Å². The lowest BCUT2D eigenvalue weighted by atomic mass is 9.75. The SMILES string of the molecule is COC[C@]1(C(=O)Nc2cncc3ccccc23)CCOc2cc(Cl)c(Cl)cc21. The molecule has 0 spiro atoms. The van der Waals surface area contributed by atoms with Gasteiger partial charge in [-0.1, -0.05) is 47.5 Å². The number of ether oxygens (including phenoxy) is 2. The molecule has 3 aromatic rings. The molecular formula is C21H18Cl2N2O3. The highest BCUT2D eigenvalue weighted by Crippen LogP contribution is 2.44. The van der Waals surface area contributed by atoms with E-state index in [0.29, 0.717) is 40.1 Å². The van der Waals surface area contributed by atoms with Gasteiger partial charge in [0.2, 0.25) is 5.91 Å². The summed E-state index contributed by atoms with van der Waals surface area (Å²) < 4.78 is 11.2. The molecule has 0 radical (unpaired) electrons. The second kappa shape index (κ2) is 7.59. The van der Waals surface area contributed by atoms with E-state index in [1.54, 1.807) is 31.6 Å². The zero-order valence-corrected chi connectivity index (χ0v) is 16.7. The first-order valence-electron chi connectivity index (χ1n) is 8.80. The highest BCUT2D eigenvalue weighted by atomic mass is 35.5. The summed E-state index contributed by atoms with van der Waals surface area (Å²) in [5.41, 5.74) is 0.361. The molecule has 7 heteroatoms. The van der Waals surface area contributed by atoms with Gasteiger partial charge in [0.1, 0.15) is 11.2 Å². The minimum atomic E-state index is -0.951. The van der Waals surface area contributed by atoms with Crippen LogP contribution in [0, 0.1) is 0 Å². The van der Waals surface area contributed by atoms with Crippen LogP contribution in [0.25, 0.3) is 10.8 Å². The average molecular weight is 417 g/mol. The smallest absolute Gasteiger partial charge is 0.237 e. The van der Waals surface area contributed by atoms with E-state index in [1.807, 2.05) is 24.3 Å². The molecule has 1 aliphatic rings. The Hall–Kier alpha value is -2.34. The van der Waals surface area contributed by atoms with Crippen molar-refractivity contribution < 1.29 is 14.3 Å². The Labute approximate surface area is 172 Å². The van der Waals surface area contributed by atoms with E-state index in [2.05, 4.69) is 10.3 Å². The maximum atomic E-state index is 13.5. The van der Waals surface area contributed by atoms with Crippen LogP contribution >= 0.6 is 23.2 Å². The van der Waals surface area contributed by atoms with Gasteiger partial charge in [-0.3, -0.25) is 9.78 Å². The summed E-state index contributed by atoms with van der Waals surface area (Å²) in [5, 5.41) is 5.65.